The van der Waals surface area contributed by atoms with Crippen LogP contribution in [0.5, 0.6) is 5.75 Å². The van der Waals surface area contributed by atoms with E-state index in [-0.39, 0.29) is 5.41 Å². The second-order valence-electron chi connectivity index (χ2n) is 5.80. The van der Waals surface area contributed by atoms with Crippen molar-refractivity contribution in [3.05, 3.63) is 29.3 Å². The molecule has 1 N–H and O–H groups in total. The number of methoxy groups -OCH3 is 1. The van der Waals surface area contributed by atoms with Gasteiger partial charge in [-0.1, -0.05) is 39.8 Å². The topological polar surface area (TPSA) is 38.3 Å². The Morgan fingerprint density at radius 2 is 2.05 bits per heavy atom. The predicted molar refractivity (Wildman–Crippen MR) is 79.0 cm³/mol. The fourth-order valence-electron chi connectivity index (χ4n) is 2.15. The Labute approximate surface area is 116 Å². The first kappa shape index (κ1) is 15.7. The SMILES string of the molecule is COc1ccc(C(C)C)cc1C(C)(C)CNCC=O. The van der Waals surface area contributed by atoms with Crippen LogP contribution in [-0.2, 0) is 10.2 Å². The van der Waals surface area contributed by atoms with Crippen molar-refractivity contribution in [2.75, 3.05) is 20.2 Å². The van der Waals surface area contributed by atoms with Crippen molar-refractivity contribution in [3.63, 3.8) is 0 Å². The Hall–Kier alpha value is -1.35. The number of ether oxygens (including phenoxy) is 1. The lowest BCUT2D eigenvalue weighted by atomic mass is 9.82. The van der Waals surface area contributed by atoms with E-state index in [1.165, 1.54) is 11.1 Å². The lowest BCUT2D eigenvalue weighted by Crippen LogP contribution is -2.34. The predicted octanol–water partition coefficient (Wildman–Crippen LogP) is 2.88. The van der Waals surface area contributed by atoms with Crippen molar-refractivity contribution in [2.45, 2.75) is 39.0 Å². The minimum atomic E-state index is -0.0841. The normalized spacial score (nSPS) is 11.7. The largest absolute Gasteiger partial charge is 0.496 e. The van der Waals surface area contributed by atoms with Gasteiger partial charge in [-0.05, 0) is 17.5 Å². The zero-order chi connectivity index (χ0) is 14.5. The van der Waals surface area contributed by atoms with Crippen molar-refractivity contribution in [1.82, 2.24) is 5.32 Å². The number of rotatable bonds is 7. The Bertz CT molecular complexity index is 425. The average Bonchev–Trinajstić information content (AvgIpc) is 2.38. The highest BCUT2D eigenvalue weighted by atomic mass is 16.5. The van der Waals surface area contributed by atoms with E-state index in [1.54, 1.807) is 7.11 Å². The molecule has 0 aliphatic carbocycles. The van der Waals surface area contributed by atoms with Crippen molar-refractivity contribution in [3.8, 4) is 5.75 Å². The van der Waals surface area contributed by atoms with Crippen LogP contribution in [0.3, 0.4) is 0 Å². The van der Waals surface area contributed by atoms with E-state index in [0.717, 1.165) is 18.6 Å². The third kappa shape index (κ3) is 4.06. The first-order chi connectivity index (χ1) is 8.92. The van der Waals surface area contributed by atoms with Crippen LogP contribution in [0.25, 0.3) is 0 Å². The third-order valence-corrected chi connectivity index (χ3v) is 3.41. The molecule has 0 radical (unpaired) electrons. The molecule has 0 aromatic heterocycles. The lowest BCUT2D eigenvalue weighted by molar-refractivity contribution is -0.107. The van der Waals surface area contributed by atoms with E-state index in [2.05, 4.69) is 45.1 Å². The molecule has 0 heterocycles. The summed E-state index contributed by atoms with van der Waals surface area (Å²) < 4.78 is 5.48. The first-order valence-corrected chi connectivity index (χ1v) is 6.75. The van der Waals surface area contributed by atoms with E-state index < -0.39 is 0 Å². The minimum Gasteiger partial charge on any atom is -0.496 e. The number of benzene rings is 1. The molecule has 1 aromatic rings. The van der Waals surface area contributed by atoms with Gasteiger partial charge in [-0.25, -0.2) is 0 Å². The number of hydrogen-bond acceptors (Lipinski definition) is 3. The molecule has 3 nitrogen and oxygen atoms in total. The molecular formula is C16H25NO2. The summed E-state index contributed by atoms with van der Waals surface area (Å²) in [7, 11) is 1.70. The van der Waals surface area contributed by atoms with Crippen LogP contribution in [0.1, 0.15) is 44.7 Å². The van der Waals surface area contributed by atoms with Crippen LogP contribution in [-0.4, -0.2) is 26.5 Å². The zero-order valence-corrected chi connectivity index (χ0v) is 12.6. The molecule has 0 bridgehead atoms. The maximum Gasteiger partial charge on any atom is 0.133 e. The van der Waals surface area contributed by atoms with E-state index in [9.17, 15) is 4.79 Å². The summed E-state index contributed by atoms with van der Waals surface area (Å²) in [5.74, 6) is 1.39. The smallest absolute Gasteiger partial charge is 0.133 e. The Morgan fingerprint density at radius 1 is 1.37 bits per heavy atom. The van der Waals surface area contributed by atoms with E-state index in [0.29, 0.717) is 12.5 Å². The molecule has 1 aromatic carbocycles. The summed E-state index contributed by atoms with van der Waals surface area (Å²) in [5, 5.41) is 3.15. The van der Waals surface area contributed by atoms with Crippen LogP contribution in [0.15, 0.2) is 18.2 Å². The summed E-state index contributed by atoms with van der Waals surface area (Å²) in [6.07, 6.45) is 0.887. The molecule has 0 unspecified atom stereocenters. The average molecular weight is 263 g/mol. The molecule has 0 saturated heterocycles. The number of hydrogen-bond donors (Lipinski definition) is 1. The first-order valence-electron chi connectivity index (χ1n) is 6.75. The van der Waals surface area contributed by atoms with Gasteiger partial charge in [-0.3, -0.25) is 0 Å². The van der Waals surface area contributed by atoms with E-state index in [1.807, 2.05) is 6.07 Å². The maximum absolute atomic E-state index is 10.4. The molecule has 0 atom stereocenters. The molecule has 1 rings (SSSR count). The Morgan fingerprint density at radius 3 is 2.58 bits per heavy atom. The van der Waals surface area contributed by atoms with Crippen molar-refractivity contribution < 1.29 is 9.53 Å². The van der Waals surface area contributed by atoms with Gasteiger partial charge in [0, 0.05) is 17.5 Å². The van der Waals surface area contributed by atoms with Crippen molar-refractivity contribution >= 4 is 6.29 Å². The third-order valence-electron chi connectivity index (χ3n) is 3.41. The summed E-state index contributed by atoms with van der Waals surface area (Å²) in [5.41, 5.74) is 2.40. The molecule has 0 spiro atoms. The number of nitrogens with one attached hydrogen (secondary N) is 1. The van der Waals surface area contributed by atoms with Gasteiger partial charge in [0.25, 0.3) is 0 Å². The monoisotopic (exact) mass is 263 g/mol. The van der Waals surface area contributed by atoms with E-state index >= 15 is 0 Å². The van der Waals surface area contributed by atoms with Gasteiger partial charge in [-0.15, -0.1) is 0 Å². The number of carbonyl (C=O) groups excluding carboxylic acids is 1. The molecule has 0 saturated carbocycles. The highest BCUT2D eigenvalue weighted by Gasteiger charge is 2.24. The van der Waals surface area contributed by atoms with Crippen LogP contribution < -0.4 is 10.1 Å². The van der Waals surface area contributed by atoms with Crippen LogP contribution >= 0.6 is 0 Å². The molecule has 3 heteroatoms. The van der Waals surface area contributed by atoms with Crippen molar-refractivity contribution in [1.29, 1.82) is 0 Å². The second kappa shape index (κ2) is 6.71. The summed E-state index contributed by atoms with van der Waals surface area (Å²) in [6, 6.07) is 6.36. The van der Waals surface area contributed by atoms with Gasteiger partial charge in [-0.2, -0.15) is 0 Å². The zero-order valence-electron chi connectivity index (χ0n) is 12.6. The fraction of sp³-hybridized carbons (Fsp3) is 0.562. The van der Waals surface area contributed by atoms with Gasteiger partial charge in [0.2, 0.25) is 0 Å². The molecule has 0 fully saturated rings. The molecule has 0 amide bonds. The quantitative estimate of drug-likeness (QED) is 0.607. The van der Waals surface area contributed by atoms with Gasteiger partial charge < -0.3 is 14.8 Å². The minimum absolute atomic E-state index is 0.0841. The van der Waals surface area contributed by atoms with Crippen LogP contribution in [0.4, 0.5) is 0 Å². The number of aldehydes is 1. The van der Waals surface area contributed by atoms with Gasteiger partial charge >= 0.3 is 0 Å². The van der Waals surface area contributed by atoms with Crippen LogP contribution in [0.2, 0.25) is 0 Å². The fourth-order valence-corrected chi connectivity index (χ4v) is 2.15. The Balaban J connectivity index is 3.06. The second-order valence-corrected chi connectivity index (χ2v) is 5.80. The van der Waals surface area contributed by atoms with Gasteiger partial charge in [0.1, 0.15) is 12.0 Å². The summed E-state index contributed by atoms with van der Waals surface area (Å²) in [6.45, 7) is 9.81. The highest BCUT2D eigenvalue weighted by Crippen LogP contribution is 2.33. The highest BCUT2D eigenvalue weighted by molar-refractivity contribution is 5.52. The molecule has 0 aliphatic heterocycles. The Kier molecular flexibility index (Phi) is 5.55. The lowest BCUT2D eigenvalue weighted by Gasteiger charge is -2.28. The standard InChI is InChI=1S/C16H25NO2/c1-12(2)13-6-7-15(19-5)14(10-13)16(3,4)11-17-8-9-18/h6-7,9-10,12,17H,8,11H2,1-5H3. The van der Waals surface area contributed by atoms with Crippen molar-refractivity contribution in [2.24, 2.45) is 0 Å². The van der Waals surface area contributed by atoms with E-state index in [4.69, 9.17) is 4.74 Å². The molecule has 19 heavy (non-hydrogen) atoms. The van der Waals surface area contributed by atoms with Gasteiger partial charge in [0.05, 0.1) is 13.7 Å². The summed E-state index contributed by atoms with van der Waals surface area (Å²) in [4.78, 5) is 10.4. The number of carbonyl (C=O) groups is 1. The van der Waals surface area contributed by atoms with Crippen LogP contribution in [0, 0.1) is 0 Å². The maximum atomic E-state index is 10.4. The molecular weight excluding hydrogens is 238 g/mol. The van der Waals surface area contributed by atoms with Gasteiger partial charge in [0.15, 0.2) is 0 Å². The summed E-state index contributed by atoms with van der Waals surface area (Å²) >= 11 is 0. The molecule has 106 valence electrons. The molecule has 0 aliphatic rings.